The Morgan fingerprint density at radius 2 is 2.09 bits per heavy atom. The van der Waals surface area contributed by atoms with Gasteiger partial charge >= 0.3 is 6.03 Å². The molecule has 0 aliphatic heterocycles. The number of hydrogen-bond donors (Lipinski definition) is 2. The van der Waals surface area contributed by atoms with Gasteiger partial charge in [0.1, 0.15) is 11.6 Å². The minimum absolute atomic E-state index is 0.112. The lowest BCUT2D eigenvalue weighted by Crippen LogP contribution is -2.28. The first-order valence-electron chi connectivity index (χ1n) is 6.61. The summed E-state index contributed by atoms with van der Waals surface area (Å²) < 4.78 is 18.1. The van der Waals surface area contributed by atoms with Crippen molar-refractivity contribution in [3.8, 4) is 5.75 Å². The van der Waals surface area contributed by atoms with Gasteiger partial charge in [-0.25, -0.2) is 9.18 Å². The van der Waals surface area contributed by atoms with Crippen molar-refractivity contribution in [1.29, 1.82) is 0 Å². The number of anilines is 1. The van der Waals surface area contributed by atoms with Gasteiger partial charge in [-0.05, 0) is 23.8 Å². The molecule has 0 radical (unpaired) electrons. The summed E-state index contributed by atoms with van der Waals surface area (Å²) in [6, 6.07) is 9.07. The Bertz CT molecular complexity index is 736. The summed E-state index contributed by atoms with van der Waals surface area (Å²) in [6.07, 6.45) is 0. The van der Waals surface area contributed by atoms with E-state index in [1.165, 1.54) is 43.5 Å². The molecule has 2 N–H and O–H groups in total. The Labute approximate surface area is 131 Å². The van der Waals surface area contributed by atoms with Crippen molar-refractivity contribution in [1.82, 2.24) is 5.32 Å². The lowest BCUT2D eigenvalue weighted by Gasteiger charge is -2.11. The molecular weight excluding hydrogens is 305 g/mol. The van der Waals surface area contributed by atoms with Crippen molar-refractivity contribution >= 4 is 17.4 Å². The molecule has 0 fully saturated rings. The predicted octanol–water partition coefficient (Wildman–Crippen LogP) is 3.06. The lowest BCUT2D eigenvalue weighted by atomic mass is 10.2. The lowest BCUT2D eigenvalue weighted by molar-refractivity contribution is -0.384. The predicted molar refractivity (Wildman–Crippen MR) is 81.9 cm³/mol. The molecule has 0 saturated carbocycles. The molecule has 2 aromatic carbocycles. The molecule has 0 aromatic heterocycles. The zero-order valence-corrected chi connectivity index (χ0v) is 12.2. The number of benzene rings is 2. The number of methoxy groups -OCH3 is 1. The molecule has 0 bridgehead atoms. The maximum atomic E-state index is 13.0. The molecule has 23 heavy (non-hydrogen) atoms. The third-order valence-electron chi connectivity index (χ3n) is 2.98. The van der Waals surface area contributed by atoms with Gasteiger partial charge in [0.15, 0.2) is 0 Å². The average molecular weight is 319 g/mol. The molecular formula is C15H14FN3O4. The first kappa shape index (κ1) is 16.2. The highest BCUT2D eigenvalue weighted by Gasteiger charge is 2.13. The monoisotopic (exact) mass is 319 g/mol. The molecule has 2 rings (SSSR count). The highest BCUT2D eigenvalue weighted by Crippen LogP contribution is 2.28. The largest absolute Gasteiger partial charge is 0.495 e. The van der Waals surface area contributed by atoms with Crippen molar-refractivity contribution < 1.29 is 18.8 Å². The van der Waals surface area contributed by atoms with Crippen molar-refractivity contribution in [2.24, 2.45) is 0 Å². The molecule has 0 saturated heterocycles. The van der Waals surface area contributed by atoms with E-state index in [1.54, 1.807) is 6.07 Å². The first-order chi connectivity index (χ1) is 11.0. The van der Waals surface area contributed by atoms with Crippen LogP contribution in [0, 0.1) is 15.9 Å². The van der Waals surface area contributed by atoms with E-state index in [2.05, 4.69) is 10.6 Å². The van der Waals surface area contributed by atoms with Crippen LogP contribution < -0.4 is 15.4 Å². The Hall–Kier alpha value is -3.16. The van der Waals surface area contributed by atoms with E-state index < -0.39 is 16.8 Å². The second-order valence-electron chi connectivity index (χ2n) is 4.58. The molecule has 0 atom stereocenters. The summed E-state index contributed by atoms with van der Waals surface area (Å²) in [6.45, 7) is 0.112. The van der Waals surface area contributed by atoms with Gasteiger partial charge in [-0.3, -0.25) is 10.1 Å². The summed E-state index contributed by atoms with van der Waals surface area (Å²) in [5.41, 5.74) is 0.579. The SMILES string of the molecule is COc1ccc([N+](=O)[O-])cc1NC(=O)NCc1cccc(F)c1. The van der Waals surface area contributed by atoms with Crippen LogP contribution in [0.3, 0.4) is 0 Å². The zero-order chi connectivity index (χ0) is 16.8. The van der Waals surface area contributed by atoms with E-state index in [9.17, 15) is 19.3 Å². The number of carbonyl (C=O) groups is 1. The van der Waals surface area contributed by atoms with Crippen LogP contribution in [0.2, 0.25) is 0 Å². The number of nitrogens with one attached hydrogen (secondary N) is 2. The molecule has 7 nitrogen and oxygen atoms in total. The van der Waals surface area contributed by atoms with Gasteiger partial charge in [-0.1, -0.05) is 12.1 Å². The number of hydrogen-bond acceptors (Lipinski definition) is 4. The van der Waals surface area contributed by atoms with E-state index in [0.29, 0.717) is 5.56 Å². The Kier molecular flexibility index (Phi) is 5.08. The van der Waals surface area contributed by atoms with Gasteiger partial charge in [0, 0.05) is 18.7 Å². The van der Waals surface area contributed by atoms with Crippen LogP contribution in [-0.4, -0.2) is 18.1 Å². The highest BCUT2D eigenvalue weighted by molar-refractivity contribution is 5.91. The maximum Gasteiger partial charge on any atom is 0.319 e. The number of nitro benzene ring substituents is 1. The molecule has 8 heteroatoms. The van der Waals surface area contributed by atoms with Crippen molar-refractivity contribution in [3.63, 3.8) is 0 Å². The summed E-state index contributed by atoms with van der Waals surface area (Å²) in [5.74, 6) is -0.110. The number of ether oxygens (including phenoxy) is 1. The minimum Gasteiger partial charge on any atom is -0.495 e. The van der Waals surface area contributed by atoms with E-state index in [4.69, 9.17) is 4.74 Å². The van der Waals surface area contributed by atoms with Gasteiger partial charge in [-0.15, -0.1) is 0 Å². The molecule has 0 aliphatic rings. The number of non-ortho nitro benzene ring substituents is 1. The number of rotatable bonds is 5. The molecule has 120 valence electrons. The number of urea groups is 1. The van der Waals surface area contributed by atoms with Gasteiger partial charge in [0.25, 0.3) is 5.69 Å². The van der Waals surface area contributed by atoms with Crippen molar-refractivity contribution in [2.45, 2.75) is 6.54 Å². The van der Waals surface area contributed by atoms with Crippen LogP contribution >= 0.6 is 0 Å². The quantitative estimate of drug-likeness (QED) is 0.654. The van der Waals surface area contributed by atoms with Crippen molar-refractivity contribution in [2.75, 3.05) is 12.4 Å². The normalized spacial score (nSPS) is 10.0. The summed E-state index contributed by atoms with van der Waals surface area (Å²) in [5, 5.41) is 15.8. The third kappa shape index (κ3) is 4.40. The number of carbonyl (C=O) groups excluding carboxylic acids is 1. The average Bonchev–Trinajstić information content (AvgIpc) is 2.53. The third-order valence-corrected chi connectivity index (χ3v) is 2.98. The number of nitro groups is 1. The summed E-state index contributed by atoms with van der Waals surface area (Å²) >= 11 is 0. The van der Waals surface area contributed by atoms with Crippen molar-refractivity contribution in [3.05, 3.63) is 64.0 Å². The molecule has 0 heterocycles. The second kappa shape index (κ2) is 7.21. The van der Waals surface area contributed by atoms with Crippen LogP contribution in [0.1, 0.15) is 5.56 Å². The van der Waals surface area contributed by atoms with Crippen LogP contribution in [0.25, 0.3) is 0 Å². The van der Waals surface area contributed by atoms with Gasteiger partial charge < -0.3 is 15.4 Å². The van der Waals surface area contributed by atoms with E-state index >= 15 is 0 Å². The highest BCUT2D eigenvalue weighted by atomic mass is 19.1. The smallest absolute Gasteiger partial charge is 0.319 e. The Morgan fingerprint density at radius 1 is 1.30 bits per heavy atom. The standard InChI is InChI=1S/C15H14FN3O4/c1-23-14-6-5-12(19(21)22)8-13(14)18-15(20)17-9-10-3-2-4-11(16)7-10/h2-8H,9H2,1H3,(H2,17,18,20). The fourth-order valence-electron chi connectivity index (χ4n) is 1.90. The van der Waals surface area contributed by atoms with Gasteiger partial charge in [0.2, 0.25) is 0 Å². The van der Waals surface area contributed by atoms with Gasteiger partial charge in [0.05, 0.1) is 17.7 Å². The fourth-order valence-corrected chi connectivity index (χ4v) is 1.90. The van der Waals surface area contributed by atoms with E-state index in [0.717, 1.165) is 0 Å². The van der Waals surface area contributed by atoms with Crippen LogP contribution in [0.15, 0.2) is 42.5 Å². The van der Waals surface area contributed by atoms with E-state index in [-0.39, 0.29) is 23.7 Å². The second-order valence-corrected chi connectivity index (χ2v) is 4.58. The summed E-state index contributed by atoms with van der Waals surface area (Å²) in [7, 11) is 1.39. The number of halogens is 1. The van der Waals surface area contributed by atoms with E-state index in [1.807, 2.05) is 0 Å². The molecule has 2 aromatic rings. The van der Waals surface area contributed by atoms with Crippen LogP contribution in [0.5, 0.6) is 5.75 Å². The van der Waals surface area contributed by atoms with Crippen LogP contribution in [0.4, 0.5) is 20.6 Å². The minimum atomic E-state index is -0.590. The number of nitrogens with zero attached hydrogens (tertiary/aromatic N) is 1. The Morgan fingerprint density at radius 3 is 2.74 bits per heavy atom. The Balaban J connectivity index is 2.04. The molecule has 0 unspecified atom stereocenters. The fraction of sp³-hybridized carbons (Fsp3) is 0.133. The first-order valence-corrected chi connectivity index (χ1v) is 6.61. The molecule has 2 amide bonds. The van der Waals surface area contributed by atoms with Crippen LogP contribution in [-0.2, 0) is 6.54 Å². The maximum absolute atomic E-state index is 13.0. The molecule has 0 spiro atoms. The summed E-state index contributed by atoms with van der Waals surface area (Å²) in [4.78, 5) is 22.1. The zero-order valence-electron chi connectivity index (χ0n) is 12.2. The molecule has 0 aliphatic carbocycles. The topological polar surface area (TPSA) is 93.5 Å². The van der Waals surface area contributed by atoms with Gasteiger partial charge in [-0.2, -0.15) is 0 Å². The number of amides is 2.